The molecule has 0 aliphatic heterocycles. The zero-order valence-electron chi connectivity index (χ0n) is 24.5. The molecule has 0 radical (unpaired) electrons. The Hall–Kier alpha value is -5.38. The third-order valence-electron chi connectivity index (χ3n) is 9.60. The lowest BCUT2D eigenvalue weighted by molar-refractivity contribution is 0.648. The third-order valence-corrected chi connectivity index (χ3v) is 10.7. The Morgan fingerprint density at radius 1 is 0.511 bits per heavy atom. The van der Waals surface area contributed by atoms with Crippen LogP contribution in [-0.2, 0) is 0 Å². The van der Waals surface area contributed by atoms with Crippen molar-refractivity contribution in [2.24, 2.45) is 0 Å². The minimum atomic E-state index is 0.258. The molecule has 0 amide bonds. The van der Waals surface area contributed by atoms with Crippen LogP contribution in [0.2, 0.25) is 0 Å². The van der Waals surface area contributed by atoms with E-state index in [4.69, 9.17) is 0 Å². The summed E-state index contributed by atoms with van der Waals surface area (Å²) in [6.07, 6.45) is 10.0. The third kappa shape index (κ3) is 3.62. The molecule has 3 heterocycles. The van der Waals surface area contributed by atoms with Crippen LogP contribution in [0.1, 0.15) is 12.5 Å². The molecule has 45 heavy (non-hydrogen) atoms. The van der Waals surface area contributed by atoms with Crippen LogP contribution >= 0.6 is 11.3 Å². The van der Waals surface area contributed by atoms with Crippen molar-refractivity contribution < 1.29 is 0 Å². The Morgan fingerprint density at radius 3 is 2.22 bits per heavy atom. The van der Waals surface area contributed by atoms with Gasteiger partial charge in [0, 0.05) is 47.4 Å². The predicted molar refractivity (Wildman–Crippen MR) is 194 cm³/mol. The van der Waals surface area contributed by atoms with E-state index < -0.39 is 0 Å². The highest BCUT2D eigenvalue weighted by atomic mass is 32.1. The molecule has 0 fully saturated rings. The summed E-state index contributed by atoms with van der Waals surface area (Å²) in [5.41, 5.74) is 8.68. The Kier molecular flexibility index (Phi) is 5.31. The van der Waals surface area contributed by atoms with E-state index >= 15 is 0 Å². The van der Waals surface area contributed by atoms with E-state index in [2.05, 4.69) is 161 Å². The number of hydrogen-bond donors (Lipinski definition) is 0. The molecular weight excluding hydrogens is 565 g/mol. The van der Waals surface area contributed by atoms with Crippen LogP contribution in [0.15, 0.2) is 152 Å². The van der Waals surface area contributed by atoms with Gasteiger partial charge in [-0.1, -0.05) is 103 Å². The monoisotopic (exact) mass is 592 g/mol. The van der Waals surface area contributed by atoms with Crippen molar-refractivity contribution in [2.75, 3.05) is 0 Å². The SMILES string of the molecule is C1=CCC(n2c3cc4c(cc3c3c5c(ccc32)sc2ccccc25)c2ccccc2n4-c2cccc(-c3ccccc3)c2)C=C1. The standard InChI is InChI=1S/C42H28N2S/c1-3-12-27(13-4-1)28-14-11-17-30(24-28)44-35-20-9-7-18-31(35)33-25-34-38(26-37(33)44)43(29-15-5-2-6-16-29)36-22-23-40-42(41(34)36)32-19-8-10-21-39(32)45-40/h1-15,17-26,29H,16H2. The summed E-state index contributed by atoms with van der Waals surface area (Å²) in [7, 11) is 0. The quantitative estimate of drug-likeness (QED) is 0.193. The topological polar surface area (TPSA) is 9.86 Å². The lowest BCUT2D eigenvalue weighted by Crippen LogP contribution is -2.06. The van der Waals surface area contributed by atoms with E-state index in [1.54, 1.807) is 0 Å². The van der Waals surface area contributed by atoms with Crippen LogP contribution in [0, 0.1) is 0 Å². The lowest BCUT2D eigenvalue weighted by atomic mass is 10.0. The van der Waals surface area contributed by atoms with E-state index in [-0.39, 0.29) is 6.04 Å². The minimum absolute atomic E-state index is 0.258. The number of rotatable bonds is 3. The van der Waals surface area contributed by atoms with Crippen LogP contribution in [0.3, 0.4) is 0 Å². The second kappa shape index (κ2) is 9.56. The maximum atomic E-state index is 2.60. The van der Waals surface area contributed by atoms with Gasteiger partial charge in [-0.3, -0.25) is 0 Å². The molecule has 1 atom stereocenters. The molecule has 6 aromatic carbocycles. The van der Waals surface area contributed by atoms with Crippen LogP contribution < -0.4 is 0 Å². The minimum Gasteiger partial charge on any atom is -0.333 e. The molecule has 3 heteroatoms. The van der Waals surface area contributed by atoms with E-state index in [0.717, 1.165) is 6.42 Å². The van der Waals surface area contributed by atoms with Gasteiger partial charge in [0.1, 0.15) is 0 Å². The number of thiophene rings is 1. The van der Waals surface area contributed by atoms with E-state index in [1.807, 2.05) is 11.3 Å². The smallest absolute Gasteiger partial charge is 0.0562 e. The van der Waals surface area contributed by atoms with Gasteiger partial charge in [-0.05, 0) is 66.1 Å². The van der Waals surface area contributed by atoms with Crippen molar-refractivity contribution in [1.82, 2.24) is 9.13 Å². The molecule has 0 spiro atoms. The van der Waals surface area contributed by atoms with Gasteiger partial charge in [0.15, 0.2) is 0 Å². The van der Waals surface area contributed by atoms with Gasteiger partial charge in [-0.2, -0.15) is 0 Å². The summed E-state index contributed by atoms with van der Waals surface area (Å²) in [5, 5.41) is 8.00. The molecule has 0 saturated heterocycles. The van der Waals surface area contributed by atoms with Gasteiger partial charge in [0.25, 0.3) is 0 Å². The number of aromatic nitrogens is 2. The van der Waals surface area contributed by atoms with Gasteiger partial charge in [-0.15, -0.1) is 11.3 Å². The summed E-state index contributed by atoms with van der Waals surface area (Å²) in [4.78, 5) is 0. The molecule has 3 aromatic heterocycles. The maximum absolute atomic E-state index is 2.60. The first kappa shape index (κ1) is 25.0. The number of benzene rings is 6. The van der Waals surface area contributed by atoms with Crippen molar-refractivity contribution in [3.63, 3.8) is 0 Å². The van der Waals surface area contributed by atoms with Crippen molar-refractivity contribution in [2.45, 2.75) is 12.5 Å². The van der Waals surface area contributed by atoms with E-state index in [0.29, 0.717) is 0 Å². The maximum Gasteiger partial charge on any atom is 0.0562 e. The molecular formula is C42H28N2S. The molecule has 0 saturated carbocycles. The Balaban J connectivity index is 1.36. The molecule has 9 aromatic rings. The fourth-order valence-corrected chi connectivity index (χ4v) is 8.78. The highest BCUT2D eigenvalue weighted by Gasteiger charge is 2.23. The summed E-state index contributed by atoms with van der Waals surface area (Å²) in [5.74, 6) is 0. The first-order valence-corrected chi connectivity index (χ1v) is 16.5. The Labute approximate surface area is 264 Å². The Bertz CT molecular complexity index is 2680. The fourth-order valence-electron chi connectivity index (χ4n) is 7.66. The van der Waals surface area contributed by atoms with Crippen molar-refractivity contribution in [3.8, 4) is 16.8 Å². The zero-order chi connectivity index (χ0) is 29.5. The molecule has 212 valence electrons. The molecule has 2 nitrogen and oxygen atoms in total. The van der Waals surface area contributed by atoms with Crippen molar-refractivity contribution in [3.05, 3.63) is 152 Å². The summed E-state index contributed by atoms with van der Waals surface area (Å²) >= 11 is 1.90. The second-order valence-electron chi connectivity index (χ2n) is 12.1. The normalized spacial score (nSPS) is 15.1. The average molecular weight is 593 g/mol. The number of fused-ring (bicyclic) bond motifs is 10. The number of nitrogens with zero attached hydrogens (tertiary/aromatic N) is 2. The fraction of sp³-hybridized carbons (Fsp3) is 0.0476. The first-order valence-electron chi connectivity index (χ1n) is 15.6. The molecule has 10 rings (SSSR count). The largest absolute Gasteiger partial charge is 0.333 e. The second-order valence-corrected chi connectivity index (χ2v) is 13.2. The van der Waals surface area contributed by atoms with Crippen LogP contribution in [0.5, 0.6) is 0 Å². The zero-order valence-corrected chi connectivity index (χ0v) is 25.3. The first-order chi connectivity index (χ1) is 22.3. The van der Waals surface area contributed by atoms with Crippen LogP contribution in [0.25, 0.3) is 80.6 Å². The van der Waals surface area contributed by atoms with Gasteiger partial charge in [0.2, 0.25) is 0 Å². The molecule has 0 N–H and O–H groups in total. The summed E-state index contributed by atoms with van der Waals surface area (Å²) in [6, 6.07) is 47.3. The number of para-hydroxylation sites is 1. The molecule has 1 unspecified atom stereocenters. The molecule has 1 aliphatic carbocycles. The van der Waals surface area contributed by atoms with Crippen molar-refractivity contribution in [1.29, 1.82) is 0 Å². The van der Waals surface area contributed by atoms with E-state index in [9.17, 15) is 0 Å². The predicted octanol–water partition coefficient (Wildman–Crippen LogP) is 12.0. The van der Waals surface area contributed by atoms with Gasteiger partial charge >= 0.3 is 0 Å². The van der Waals surface area contributed by atoms with Gasteiger partial charge in [-0.25, -0.2) is 0 Å². The van der Waals surface area contributed by atoms with Crippen LogP contribution in [0.4, 0.5) is 0 Å². The highest BCUT2D eigenvalue weighted by Crippen LogP contribution is 2.46. The Morgan fingerprint density at radius 2 is 1.33 bits per heavy atom. The number of allylic oxidation sites excluding steroid dienone is 4. The van der Waals surface area contributed by atoms with Gasteiger partial charge in [0.05, 0.1) is 28.1 Å². The van der Waals surface area contributed by atoms with Crippen molar-refractivity contribution >= 4 is 75.1 Å². The molecule has 1 aliphatic rings. The van der Waals surface area contributed by atoms with Gasteiger partial charge < -0.3 is 9.13 Å². The number of hydrogen-bond acceptors (Lipinski definition) is 1. The highest BCUT2D eigenvalue weighted by molar-refractivity contribution is 7.26. The van der Waals surface area contributed by atoms with Crippen LogP contribution in [-0.4, -0.2) is 9.13 Å². The molecule has 0 bridgehead atoms. The summed E-state index contributed by atoms with van der Waals surface area (Å²) < 4.78 is 7.75. The lowest BCUT2D eigenvalue weighted by Gasteiger charge is -2.18. The van der Waals surface area contributed by atoms with E-state index in [1.165, 1.54) is 80.6 Å². The summed E-state index contributed by atoms with van der Waals surface area (Å²) in [6.45, 7) is 0. The average Bonchev–Trinajstić information content (AvgIpc) is 3.75.